The number of rotatable bonds is 5. The lowest BCUT2D eigenvalue weighted by Crippen LogP contribution is -2.47. The number of hydrogen-bond donors (Lipinski definition) is 2. The summed E-state index contributed by atoms with van der Waals surface area (Å²) >= 11 is 1.28. The number of amides is 2. The van der Waals surface area contributed by atoms with Crippen molar-refractivity contribution in [1.29, 1.82) is 0 Å². The Labute approximate surface area is 173 Å². The van der Waals surface area contributed by atoms with Crippen molar-refractivity contribution < 1.29 is 14.3 Å². The Hall–Kier alpha value is -3.19. The van der Waals surface area contributed by atoms with Gasteiger partial charge in [0.2, 0.25) is 0 Å². The van der Waals surface area contributed by atoms with Crippen LogP contribution >= 0.6 is 11.3 Å². The van der Waals surface area contributed by atoms with E-state index in [-0.39, 0.29) is 0 Å². The molecule has 1 atom stereocenters. The molecule has 0 saturated heterocycles. The predicted octanol–water partition coefficient (Wildman–Crippen LogP) is 3.96. The lowest BCUT2D eigenvalue weighted by atomic mass is 10.1. The van der Waals surface area contributed by atoms with Gasteiger partial charge in [-0.1, -0.05) is 42.5 Å². The van der Waals surface area contributed by atoms with Gasteiger partial charge in [0.1, 0.15) is 10.6 Å². The molecule has 0 fully saturated rings. The Bertz CT molecular complexity index is 1030. The number of thiazole rings is 1. The van der Waals surface area contributed by atoms with Crippen molar-refractivity contribution in [2.45, 2.75) is 33.8 Å². The predicted molar refractivity (Wildman–Crippen MR) is 114 cm³/mol. The molecule has 3 aromatic rings. The molecule has 150 valence electrons. The summed E-state index contributed by atoms with van der Waals surface area (Å²) in [6, 6.07) is 15.1. The van der Waals surface area contributed by atoms with Gasteiger partial charge in [-0.3, -0.25) is 20.4 Å². The average Bonchev–Trinajstić information content (AvgIpc) is 3.11. The van der Waals surface area contributed by atoms with E-state index in [9.17, 15) is 9.59 Å². The van der Waals surface area contributed by atoms with E-state index in [1.165, 1.54) is 11.3 Å². The molecule has 2 amide bonds. The summed E-state index contributed by atoms with van der Waals surface area (Å²) in [5.41, 5.74) is 8.41. The monoisotopic (exact) mass is 409 g/mol. The zero-order valence-electron chi connectivity index (χ0n) is 16.8. The molecule has 6 nitrogen and oxygen atoms in total. The van der Waals surface area contributed by atoms with E-state index in [4.69, 9.17) is 4.74 Å². The number of ether oxygens (including phenoxy) is 1. The summed E-state index contributed by atoms with van der Waals surface area (Å²) in [6.07, 6.45) is -0.771. The number of carbonyl (C=O) groups excluding carboxylic acids is 2. The number of hydrazine groups is 1. The molecule has 0 aliphatic carbocycles. The summed E-state index contributed by atoms with van der Waals surface area (Å²) in [5, 5.41) is 0.770. The Morgan fingerprint density at radius 1 is 1.00 bits per heavy atom. The van der Waals surface area contributed by atoms with Gasteiger partial charge in [-0.2, -0.15) is 0 Å². The number of nitrogens with one attached hydrogen (secondary N) is 2. The van der Waals surface area contributed by atoms with Gasteiger partial charge in [-0.25, -0.2) is 4.98 Å². The van der Waals surface area contributed by atoms with Gasteiger partial charge in [0.25, 0.3) is 11.8 Å². The van der Waals surface area contributed by atoms with Crippen molar-refractivity contribution in [1.82, 2.24) is 15.8 Å². The SMILES string of the molecule is Cc1nc(-c2ccccc2)c(C(=O)NNC(=O)[C@@H](C)Oc2cccc(C)c2C)s1. The number of carbonyl (C=O) groups is 2. The molecule has 1 aromatic heterocycles. The van der Waals surface area contributed by atoms with E-state index in [0.29, 0.717) is 16.3 Å². The smallest absolute Gasteiger partial charge is 0.282 e. The van der Waals surface area contributed by atoms with E-state index >= 15 is 0 Å². The highest BCUT2D eigenvalue weighted by atomic mass is 32.1. The molecule has 2 aromatic carbocycles. The van der Waals surface area contributed by atoms with E-state index in [2.05, 4.69) is 15.8 Å². The van der Waals surface area contributed by atoms with Crippen LogP contribution in [0.4, 0.5) is 0 Å². The maximum atomic E-state index is 12.6. The van der Waals surface area contributed by atoms with Crippen LogP contribution < -0.4 is 15.6 Å². The first-order valence-corrected chi connectivity index (χ1v) is 10.0. The van der Waals surface area contributed by atoms with Gasteiger partial charge < -0.3 is 4.74 Å². The van der Waals surface area contributed by atoms with Crippen LogP contribution in [0.5, 0.6) is 5.75 Å². The van der Waals surface area contributed by atoms with Crippen LogP contribution in [0.3, 0.4) is 0 Å². The molecule has 0 unspecified atom stereocenters. The minimum atomic E-state index is -0.771. The maximum absolute atomic E-state index is 12.6. The van der Waals surface area contributed by atoms with Crippen molar-refractivity contribution in [3.05, 3.63) is 69.5 Å². The van der Waals surface area contributed by atoms with Crippen LogP contribution in [-0.4, -0.2) is 22.9 Å². The highest BCUT2D eigenvalue weighted by molar-refractivity contribution is 7.14. The van der Waals surface area contributed by atoms with Crippen molar-refractivity contribution >= 4 is 23.2 Å². The van der Waals surface area contributed by atoms with E-state index in [0.717, 1.165) is 21.7 Å². The summed E-state index contributed by atoms with van der Waals surface area (Å²) in [6.45, 7) is 7.39. The number of nitrogens with zero attached hydrogens (tertiary/aromatic N) is 1. The lowest BCUT2D eigenvalue weighted by Gasteiger charge is -2.17. The third-order valence-corrected chi connectivity index (χ3v) is 5.48. The standard InChI is InChI=1S/C22H23N3O3S/c1-13-9-8-12-18(14(13)2)28-15(3)21(26)24-25-22(27)20-19(23-16(4)29-20)17-10-6-5-7-11-17/h5-12,15H,1-4H3,(H,24,26)(H,25,27)/t15-/m1/s1. The summed E-state index contributed by atoms with van der Waals surface area (Å²) < 4.78 is 5.75. The van der Waals surface area contributed by atoms with Gasteiger partial charge in [-0.15, -0.1) is 11.3 Å². The van der Waals surface area contributed by atoms with Crippen molar-refractivity contribution in [3.8, 4) is 17.0 Å². The van der Waals surface area contributed by atoms with E-state index < -0.39 is 17.9 Å². The second kappa shape index (κ2) is 8.87. The molecular weight excluding hydrogens is 386 g/mol. The summed E-state index contributed by atoms with van der Waals surface area (Å²) in [4.78, 5) is 29.9. The Morgan fingerprint density at radius 2 is 1.72 bits per heavy atom. The molecule has 1 heterocycles. The molecule has 0 saturated carbocycles. The average molecular weight is 410 g/mol. The zero-order chi connectivity index (χ0) is 21.0. The van der Waals surface area contributed by atoms with E-state index in [1.807, 2.05) is 69.3 Å². The minimum Gasteiger partial charge on any atom is -0.481 e. The fourth-order valence-corrected chi connectivity index (χ4v) is 3.58. The highest BCUT2D eigenvalue weighted by Gasteiger charge is 2.21. The molecule has 0 aliphatic rings. The van der Waals surface area contributed by atoms with Crippen LogP contribution in [0.1, 0.15) is 32.7 Å². The third-order valence-electron chi connectivity index (χ3n) is 4.51. The normalized spacial score (nSPS) is 11.6. The number of aryl methyl sites for hydroxylation is 2. The molecule has 29 heavy (non-hydrogen) atoms. The second-order valence-electron chi connectivity index (χ2n) is 6.68. The molecule has 0 aliphatic heterocycles. The number of benzene rings is 2. The third kappa shape index (κ3) is 4.81. The van der Waals surface area contributed by atoms with Crippen molar-refractivity contribution in [2.75, 3.05) is 0 Å². The van der Waals surface area contributed by atoms with Crippen LogP contribution in [0.15, 0.2) is 48.5 Å². The topological polar surface area (TPSA) is 80.3 Å². The first-order chi connectivity index (χ1) is 13.9. The molecule has 0 bridgehead atoms. The number of aromatic nitrogens is 1. The Balaban J connectivity index is 1.65. The van der Waals surface area contributed by atoms with Gasteiger partial charge in [0.05, 0.1) is 10.7 Å². The molecule has 0 radical (unpaired) electrons. The first-order valence-electron chi connectivity index (χ1n) is 9.22. The molecule has 0 spiro atoms. The summed E-state index contributed by atoms with van der Waals surface area (Å²) in [7, 11) is 0. The number of hydrogen-bond acceptors (Lipinski definition) is 5. The van der Waals surface area contributed by atoms with E-state index in [1.54, 1.807) is 6.92 Å². The van der Waals surface area contributed by atoms with Gasteiger partial charge >= 0.3 is 0 Å². The van der Waals surface area contributed by atoms with Crippen molar-refractivity contribution in [2.24, 2.45) is 0 Å². The fraction of sp³-hybridized carbons (Fsp3) is 0.227. The van der Waals surface area contributed by atoms with Gasteiger partial charge in [0.15, 0.2) is 6.10 Å². The molecule has 2 N–H and O–H groups in total. The molecule has 3 rings (SSSR count). The Kier molecular flexibility index (Phi) is 6.29. The van der Waals surface area contributed by atoms with Gasteiger partial charge in [-0.05, 0) is 44.9 Å². The second-order valence-corrected chi connectivity index (χ2v) is 7.88. The quantitative estimate of drug-likeness (QED) is 0.625. The fourth-order valence-electron chi connectivity index (χ4n) is 2.75. The maximum Gasteiger partial charge on any atom is 0.282 e. The van der Waals surface area contributed by atoms with Crippen LogP contribution in [0.2, 0.25) is 0 Å². The van der Waals surface area contributed by atoms with Crippen LogP contribution in [0, 0.1) is 20.8 Å². The van der Waals surface area contributed by atoms with Crippen LogP contribution in [0.25, 0.3) is 11.3 Å². The zero-order valence-corrected chi connectivity index (χ0v) is 17.6. The van der Waals surface area contributed by atoms with Crippen molar-refractivity contribution in [3.63, 3.8) is 0 Å². The molecule has 7 heteroatoms. The molecular formula is C22H23N3O3S. The highest BCUT2D eigenvalue weighted by Crippen LogP contribution is 2.27. The Morgan fingerprint density at radius 3 is 2.45 bits per heavy atom. The van der Waals surface area contributed by atoms with Gasteiger partial charge in [0, 0.05) is 5.56 Å². The largest absolute Gasteiger partial charge is 0.481 e. The summed E-state index contributed by atoms with van der Waals surface area (Å²) in [5.74, 6) is -0.216. The van der Waals surface area contributed by atoms with Crippen LogP contribution in [-0.2, 0) is 4.79 Å². The minimum absolute atomic E-state index is 0.415. The first kappa shape index (κ1) is 20.5. The lowest BCUT2D eigenvalue weighted by molar-refractivity contribution is -0.128.